The van der Waals surface area contributed by atoms with Crippen LogP contribution in [0.4, 0.5) is 11.4 Å². The molecule has 0 aliphatic heterocycles. The first-order valence-electron chi connectivity index (χ1n) is 9.73. The Bertz CT molecular complexity index is 749. The lowest BCUT2D eigenvalue weighted by atomic mass is 9.87. The maximum absolute atomic E-state index is 4.08. The van der Waals surface area contributed by atoms with Gasteiger partial charge in [0.05, 0.1) is 11.4 Å². The second kappa shape index (κ2) is 9.28. The van der Waals surface area contributed by atoms with Crippen molar-refractivity contribution in [2.75, 3.05) is 17.2 Å². The number of hydrogen-bond acceptors (Lipinski definition) is 2. The van der Waals surface area contributed by atoms with E-state index in [0.717, 1.165) is 17.8 Å². The van der Waals surface area contributed by atoms with Crippen LogP contribution in [0.15, 0.2) is 84.0 Å². The van der Waals surface area contributed by atoms with Crippen molar-refractivity contribution in [3.63, 3.8) is 0 Å². The van der Waals surface area contributed by atoms with Gasteiger partial charge in [-0.25, -0.2) is 0 Å². The minimum absolute atomic E-state index is 0.396. The molecule has 0 heterocycles. The van der Waals surface area contributed by atoms with Crippen molar-refractivity contribution >= 4 is 11.4 Å². The summed E-state index contributed by atoms with van der Waals surface area (Å²) in [7, 11) is 0. The standard InChI is InChI=1S/C24H30N2/c1-3-10-19(2)18-25-23-15-7-8-16-24(23)26-22-14-9-13-21(17-22)20-11-5-4-6-12-20/h3-5,7-8,10-11,15-17,22,25-26H,2,6,9,12-14,18H2,1H3/b10-3-. The highest BCUT2D eigenvalue weighted by Gasteiger charge is 2.17. The number of hydrogen-bond donors (Lipinski definition) is 2. The van der Waals surface area contributed by atoms with Crippen LogP contribution in [-0.2, 0) is 0 Å². The fourth-order valence-electron chi connectivity index (χ4n) is 3.64. The average molecular weight is 347 g/mol. The van der Waals surface area contributed by atoms with Gasteiger partial charge in [0, 0.05) is 12.6 Å². The van der Waals surface area contributed by atoms with E-state index < -0.39 is 0 Å². The van der Waals surface area contributed by atoms with Crippen LogP contribution in [-0.4, -0.2) is 12.6 Å². The topological polar surface area (TPSA) is 24.1 Å². The SMILES string of the molecule is C=C(/C=C\C)CNc1ccccc1NC1C=C(C2=CC=CCC2)CCC1. The highest BCUT2D eigenvalue weighted by atomic mass is 15.0. The Balaban J connectivity index is 1.69. The van der Waals surface area contributed by atoms with E-state index in [9.17, 15) is 0 Å². The highest BCUT2D eigenvalue weighted by Crippen LogP contribution is 2.31. The molecule has 2 aliphatic rings. The van der Waals surface area contributed by atoms with Gasteiger partial charge in [-0.3, -0.25) is 0 Å². The molecular formula is C24H30N2. The molecule has 0 fully saturated rings. The molecule has 2 N–H and O–H groups in total. The van der Waals surface area contributed by atoms with Crippen molar-refractivity contribution in [1.82, 2.24) is 0 Å². The zero-order chi connectivity index (χ0) is 18.2. The first-order valence-corrected chi connectivity index (χ1v) is 9.73. The van der Waals surface area contributed by atoms with Crippen molar-refractivity contribution in [3.05, 3.63) is 84.0 Å². The monoisotopic (exact) mass is 346 g/mol. The summed E-state index contributed by atoms with van der Waals surface area (Å²) >= 11 is 0. The van der Waals surface area contributed by atoms with Crippen molar-refractivity contribution in [3.8, 4) is 0 Å². The third kappa shape index (κ3) is 5.01. The second-order valence-electron chi connectivity index (χ2n) is 7.05. The fourth-order valence-corrected chi connectivity index (χ4v) is 3.64. The van der Waals surface area contributed by atoms with Crippen molar-refractivity contribution in [1.29, 1.82) is 0 Å². The Hall–Kier alpha value is -2.48. The molecule has 26 heavy (non-hydrogen) atoms. The first-order chi connectivity index (χ1) is 12.8. The van der Waals surface area contributed by atoms with Crippen LogP contribution in [0.25, 0.3) is 0 Å². The van der Waals surface area contributed by atoms with Gasteiger partial charge in [0.1, 0.15) is 0 Å². The second-order valence-corrected chi connectivity index (χ2v) is 7.05. The number of rotatable bonds is 7. The third-order valence-electron chi connectivity index (χ3n) is 4.97. The molecule has 0 bridgehead atoms. The third-order valence-corrected chi connectivity index (χ3v) is 4.97. The molecular weight excluding hydrogens is 316 g/mol. The van der Waals surface area contributed by atoms with Gasteiger partial charge in [-0.2, -0.15) is 0 Å². The Kier molecular flexibility index (Phi) is 6.54. The van der Waals surface area contributed by atoms with Crippen LogP contribution in [0.5, 0.6) is 0 Å². The largest absolute Gasteiger partial charge is 0.379 e. The van der Waals surface area contributed by atoms with Crippen LogP contribution in [0.3, 0.4) is 0 Å². The van der Waals surface area contributed by atoms with Crippen LogP contribution < -0.4 is 10.6 Å². The lowest BCUT2D eigenvalue weighted by Gasteiger charge is -2.26. The maximum Gasteiger partial charge on any atom is 0.0580 e. The minimum atomic E-state index is 0.396. The van der Waals surface area contributed by atoms with Crippen molar-refractivity contribution < 1.29 is 0 Å². The van der Waals surface area contributed by atoms with E-state index >= 15 is 0 Å². The molecule has 1 atom stereocenters. The smallest absolute Gasteiger partial charge is 0.0580 e. The summed E-state index contributed by atoms with van der Waals surface area (Å²) in [6.07, 6.45) is 19.3. The number of benzene rings is 1. The summed E-state index contributed by atoms with van der Waals surface area (Å²) in [4.78, 5) is 0. The molecule has 0 amide bonds. The lowest BCUT2D eigenvalue weighted by molar-refractivity contribution is 0.650. The molecule has 2 nitrogen and oxygen atoms in total. The Labute approximate surface area is 158 Å². The molecule has 136 valence electrons. The highest BCUT2D eigenvalue weighted by molar-refractivity contribution is 5.69. The number of para-hydroxylation sites is 2. The summed E-state index contributed by atoms with van der Waals surface area (Å²) in [5, 5.41) is 7.25. The van der Waals surface area contributed by atoms with Gasteiger partial charge in [-0.15, -0.1) is 0 Å². The van der Waals surface area contributed by atoms with Gasteiger partial charge in [-0.05, 0) is 67.9 Å². The van der Waals surface area contributed by atoms with Crippen LogP contribution in [0, 0.1) is 0 Å². The molecule has 2 aliphatic carbocycles. The zero-order valence-corrected chi connectivity index (χ0v) is 15.8. The zero-order valence-electron chi connectivity index (χ0n) is 15.8. The fraction of sp³-hybridized carbons (Fsp3) is 0.333. The quantitative estimate of drug-likeness (QED) is 0.558. The molecule has 0 aromatic heterocycles. The van der Waals surface area contributed by atoms with Gasteiger partial charge in [0.15, 0.2) is 0 Å². The minimum Gasteiger partial charge on any atom is -0.379 e. The maximum atomic E-state index is 4.08. The number of anilines is 2. The van der Waals surface area contributed by atoms with E-state index in [1.165, 1.54) is 48.9 Å². The normalized spacial score (nSPS) is 19.8. The lowest BCUT2D eigenvalue weighted by Crippen LogP contribution is -2.22. The summed E-state index contributed by atoms with van der Waals surface area (Å²) in [6.45, 7) is 6.85. The molecule has 3 rings (SSSR count). The van der Waals surface area contributed by atoms with Crippen molar-refractivity contribution in [2.24, 2.45) is 0 Å². The van der Waals surface area contributed by atoms with E-state index in [2.05, 4.69) is 65.8 Å². The van der Waals surface area contributed by atoms with Gasteiger partial charge in [-0.1, -0.05) is 55.2 Å². The Morgan fingerprint density at radius 2 is 2.04 bits per heavy atom. The molecule has 0 saturated carbocycles. The average Bonchev–Trinajstić information content (AvgIpc) is 2.68. The van der Waals surface area contributed by atoms with E-state index in [0.29, 0.717) is 6.04 Å². The Morgan fingerprint density at radius 1 is 1.19 bits per heavy atom. The predicted molar refractivity (Wildman–Crippen MR) is 115 cm³/mol. The van der Waals surface area contributed by atoms with Gasteiger partial charge < -0.3 is 10.6 Å². The molecule has 0 spiro atoms. The molecule has 1 aromatic rings. The molecule has 0 saturated heterocycles. The van der Waals surface area contributed by atoms with Crippen LogP contribution in [0.2, 0.25) is 0 Å². The van der Waals surface area contributed by atoms with Crippen LogP contribution in [0.1, 0.15) is 39.0 Å². The van der Waals surface area contributed by atoms with E-state index in [-0.39, 0.29) is 0 Å². The molecule has 0 radical (unpaired) electrons. The number of allylic oxidation sites excluding steroid dienone is 6. The van der Waals surface area contributed by atoms with Gasteiger partial charge in [0.25, 0.3) is 0 Å². The predicted octanol–water partition coefficient (Wildman–Crippen LogP) is 6.40. The van der Waals surface area contributed by atoms with E-state index in [4.69, 9.17) is 0 Å². The molecule has 1 aromatic carbocycles. The molecule has 2 heteroatoms. The van der Waals surface area contributed by atoms with Gasteiger partial charge >= 0.3 is 0 Å². The number of nitrogens with one attached hydrogen (secondary N) is 2. The molecule has 1 unspecified atom stereocenters. The first kappa shape index (κ1) is 18.3. The van der Waals surface area contributed by atoms with E-state index in [1.54, 1.807) is 0 Å². The summed E-state index contributed by atoms with van der Waals surface area (Å²) in [5.41, 5.74) is 6.44. The summed E-state index contributed by atoms with van der Waals surface area (Å²) < 4.78 is 0. The summed E-state index contributed by atoms with van der Waals surface area (Å²) in [6, 6.07) is 8.86. The van der Waals surface area contributed by atoms with Crippen molar-refractivity contribution in [2.45, 2.75) is 45.1 Å². The Morgan fingerprint density at radius 3 is 2.81 bits per heavy atom. The van der Waals surface area contributed by atoms with Crippen LogP contribution >= 0.6 is 0 Å². The summed E-state index contributed by atoms with van der Waals surface area (Å²) in [5.74, 6) is 0. The van der Waals surface area contributed by atoms with Gasteiger partial charge in [0.2, 0.25) is 0 Å². The van der Waals surface area contributed by atoms with E-state index in [1.807, 2.05) is 19.1 Å².